The summed E-state index contributed by atoms with van der Waals surface area (Å²) in [4.78, 5) is 13.6. The molecule has 1 aliphatic carbocycles. The predicted octanol–water partition coefficient (Wildman–Crippen LogP) is 2.41. The average molecular weight is 216 g/mol. The number of hydrogen-bond donors (Lipinski definition) is 0. The van der Waals surface area contributed by atoms with Gasteiger partial charge >= 0.3 is 0 Å². The van der Waals surface area contributed by atoms with Crippen molar-refractivity contribution in [3.05, 3.63) is 0 Å². The molecule has 0 N–H and O–H groups in total. The molecule has 0 aromatic carbocycles. The van der Waals surface area contributed by atoms with E-state index in [4.69, 9.17) is 11.6 Å². The molecule has 1 aliphatic heterocycles. The highest BCUT2D eigenvalue weighted by molar-refractivity contribution is 6.30. The number of nitrogens with zero attached hydrogens (tertiary/aromatic N) is 1. The maximum Gasteiger partial charge on any atom is 0.240 e. The number of likely N-dealkylation sites (tertiary alicyclic amines) is 1. The van der Waals surface area contributed by atoms with Crippen LogP contribution >= 0.6 is 11.6 Å². The number of amides is 1. The highest BCUT2D eigenvalue weighted by Gasteiger charge is 2.42. The maximum absolute atomic E-state index is 11.7. The maximum atomic E-state index is 11.7. The van der Waals surface area contributed by atoms with Crippen molar-refractivity contribution >= 4 is 17.5 Å². The van der Waals surface area contributed by atoms with Crippen LogP contribution in [-0.4, -0.2) is 29.3 Å². The molecule has 14 heavy (non-hydrogen) atoms. The van der Waals surface area contributed by atoms with Gasteiger partial charge in [0.05, 0.1) is 0 Å². The molecule has 1 spiro atoms. The monoisotopic (exact) mass is 215 g/mol. The third-order valence-corrected chi connectivity index (χ3v) is 3.94. The van der Waals surface area contributed by atoms with Crippen LogP contribution in [0.2, 0.25) is 0 Å². The molecule has 1 heterocycles. The molecule has 0 aromatic heterocycles. The molecule has 0 aromatic rings. The summed E-state index contributed by atoms with van der Waals surface area (Å²) in [6, 6.07) is 0. The lowest BCUT2D eigenvalue weighted by molar-refractivity contribution is -0.129. The Balaban J connectivity index is 1.97. The van der Waals surface area contributed by atoms with Gasteiger partial charge in [-0.25, -0.2) is 0 Å². The highest BCUT2D eigenvalue weighted by atomic mass is 35.5. The predicted molar refractivity (Wildman–Crippen MR) is 57.4 cm³/mol. The van der Waals surface area contributed by atoms with Gasteiger partial charge in [-0.3, -0.25) is 4.79 Å². The van der Waals surface area contributed by atoms with E-state index >= 15 is 0 Å². The van der Waals surface area contributed by atoms with Gasteiger partial charge in [-0.1, -0.05) is 12.8 Å². The Morgan fingerprint density at radius 3 is 2.57 bits per heavy atom. The SMILES string of the molecule is CC(Cl)C(=O)N1CCC2(CCCC2)C1. The first-order valence-corrected chi connectivity index (χ1v) is 6.00. The van der Waals surface area contributed by atoms with E-state index in [9.17, 15) is 4.79 Å². The molecule has 80 valence electrons. The molecular formula is C11H18ClNO. The molecule has 1 amide bonds. The van der Waals surface area contributed by atoms with Crippen LogP contribution < -0.4 is 0 Å². The van der Waals surface area contributed by atoms with E-state index < -0.39 is 0 Å². The summed E-state index contributed by atoms with van der Waals surface area (Å²) in [5, 5.41) is -0.355. The molecule has 2 rings (SSSR count). The quantitative estimate of drug-likeness (QED) is 0.616. The molecule has 3 heteroatoms. The second-order valence-electron chi connectivity index (χ2n) is 4.83. The fourth-order valence-corrected chi connectivity index (χ4v) is 3.05. The minimum Gasteiger partial charge on any atom is -0.341 e. The summed E-state index contributed by atoms with van der Waals surface area (Å²) in [7, 11) is 0. The first kappa shape index (κ1) is 10.3. The summed E-state index contributed by atoms with van der Waals surface area (Å²) in [6.45, 7) is 3.66. The van der Waals surface area contributed by atoms with Crippen LogP contribution in [0.5, 0.6) is 0 Å². The van der Waals surface area contributed by atoms with Crippen molar-refractivity contribution in [1.82, 2.24) is 4.90 Å². The standard InChI is InChI=1S/C11H18ClNO/c1-9(12)10(14)13-7-6-11(8-13)4-2-3-5-11/h9H,2-8H2,1H3. The Labute approximate surface area is 90.6 Å². The summed E-state index contributed by atoms with van der Waals surface area (Å²) < 4.78 is 0. The third-order valence-electron chi connectivity index (χ3n) is 3.75. The van der Waals surface area contributed by atoms with Crippen LogP contribution in [-0.2, 0) is 4.79 Å². The Morgan fingerprint density at radius 2 is 2.00 bits per heavy atom. The fraction of sp³-hybridized carbons (Fsp3) is 0.909. The fourth-order valence-electron chi connectivity index (χ4n) is 2.91. The van der Waals surface area contributed by atoms with E-state index in [1.54, 1.807) is 6.92 Å². The third kappa shape index (κ3) is 1.77. The molecule has 2 fully saturated rings. The van der Waals surface area contributed by atoms with E-state index in [0.29, 0.717) is 5.41 Å². The van der Waals surface area contributed by atoms with Crippen LogP contribution in [0.1, 0.15) is 39.0 Å². The van der Waals surface area contributed by atoms with Crippen LogP contribution in [0.3, 0.4) is 0 Å². The van der Waals surface area contributed by atoms with E-state index in [-0.39, 0.29) is 11.3 Å². The van der Waals surface area contributed by atoms with Crippen molar-refractivity contribution in [2.75, 3.05) is 13.1 Å². The number of rotatable bonds is 1. The van der Waals surface area contributed by atoms with Crippen LogP contribution in [0.25, 0.3) is 0 Å². The number of carbonyl (C=O) groups is 1. The van der Waals surface area contributed by atoms with Crippen molar-refractivity contribution in [3.8, 4) is 0 Å². The van der Waals surface area contributed by atoms with Gasteiger partial charge in [0.15, 0.2) is 0 Å². The van der Waals surface area contributed by atoms with Gasteiger partial charge in [-0.2, -0.15) is 0 Å². The van der Waals surface area contributed by atoms with E-state index in [1.165, 1.54) is 32.1 Å². The number of carbonyl (C=O) groups excluding carboxylic acids is 1. The summed E-state index contributed by atoms with van der Waals surface area (Å²) in [6.07, 6.45) is 6.51. The minimum absolute atomic E-state index is 0.121. The lowest BCUT2D eigenvalue weighted by Crippen LogP contribution is -2.35. The van der Waals surface area contributed by atoms with Gasteiger partial charge in [0.25, 0.3) is 0 Å². The molecule has 1 unspecified atom stereocenters. The highest BCUT2D eigenvalue weighted by Crippen LogP contribution is 2.45. The van der Waals surface area contributed by atoms with Crippen molar-refractivity contribution < 1.29 is 4.79 Å². The van der Waals surface area contributed by atoms with E-state index in [2.05, 4.69) is 0 Å². The molecular weight excluding hydrogens is 198 g/mol. The molecule has 1 saturated carbocycles. The smallest absolute Gasteiger partial charge is 0.240 e. The first-order valence-electron chi connectivity index (χ1n) is 5.56. The summed E-state index contributed by atoms with van der Waals surface area (Å²) in [5.41, 5.74) is 0.474. The lowest BCUT2D eigenvalue weighted by Gasteiger charge is -2.24. The second-order valence-corrected chi connectivity index (χ2v) is 5.49. The van der Waals surface area contributed by atoms with Gasteiger partial charge < -0.3 is 4.90 Å². The molecule has 0 radical (unpaired) electrons. The average Bonchev–Trinajstić information content (AvgIpc) is 2.76. The summed E-state index contributed by atoms with van der Waals surface area (Å²) >= 11 is 5.81. The van der Waals surface area contributed by atoms with Crippen molar-refractivity contribution in [2.24, 2.45) is 5.41 Å². The lowest BCUT2D eigenvalue weighted by atomic mass is 9.86. The van der Waals surface area contributed by atoms with Crippen LogP contribution in [0, 0.1) is 5.41 Å². The zero-order chi connectivity index (χ0) is 10.2. The van der Waals surface area contributed by atoms with Gasteiger partial charge in [0.1, 0.15) is 5.38 Å². The number of halogens is 1. The zero-order valence-corrected chi connectivity index (χ0v) is 9.52. The molecule has 2 nitrogen and oxygen atoms in total. The van der Waals surface area contributed by atoms with Crippen molar-refractivity contribution in [3.63, 3.8) is 0 Å². The van der Waals surface area contributed by atoms with Gasteiger partial charge in [0.2, 0.25) is 5.91 Å². The molecule has 1 atom stereocenters. The topological polar surface area (TPSA) is 20.3 Å². The molecule has 0 bridgehead atoms. The Bertz CT molecular complexity index is 233. The number of alkyl halides is 1. The minimum atomic E-state index is -0.355. The normalized spacial score (nSPS) is 27.1. The Kier molecular flexibility index (Phi) is 2.74. The van der Waals surface area contributed by atoms with Crippen molar-refractivity contribution in [2.45, 2.75) is 44.4 Å². The van der Waals surface area contributed by atoms with E-state index in [0.717, 1.165) is 13.1 Å². The van der Waals surface area contributed by atoms with Gasteiger partial charge in [-0.05, 0) is 31.6 Å². The molecule has 1 saturated heterocycles. The van der Waals surface area contributed by atoms with Crippen LogP contribution in [0.4, 0.5) is 0 Å². The summed E-state index contributed by atoms with van der Waals surface area (Å²) in [5.74, 6) is 0.121. The first-order chi connectivity index (χ1) is 6.63. The molecule has 2 aliphatic rings. The van der Waals surface area contributed by atoms with E-state index in [1.807, 2.05) is 4.90 Å². The van der Waals surface area contributed by atoms with Crippen molar-refractivity contribution in [1.29, 1.82) is 0 Å². The Hall–Kier alpha value is -0.240. The van der Waals surface area contributed by atoms with Gasteiger partial charge in [0, 0.05) is 13.1 Å². The van der Waals surface area contributed by atoms with Gasteiger partial charge in [-0.15, -0.1) is 11.6 Å². The number of hydrogen-bond acceptors (Lipinski definition) is 1. The zero-order valence-electron chi connectivity index (χ0n) is 8.76. The largest absolute Gasteiger partial charge is 0.341 e. The Morgan fingerprint density at radius 1 is 1.36 bits per heavy atom. The van der Waals surface area contributed by atoms with Crippen LogP contribution in [0.15, 0.2) is 0 Å². The second kappa shape index (κ2) is 3.73.